The first-order chi connectivity index (χ1) is 11.6. The summed E-state index contributed by atoms with van der Waals surface area (Å²) in [5.41, 5.74) is -1.44. The number of esters is 1. The van der Waals surface area contributed by atoms with Gasteiger partial charge in [-0.2, -0.15) is 0 Å². The molecule has 2 unspecified atom stereocenters. The lowest BCUT2D eigenvalue weighted by Gasteiger charge is -2.47. The summed E-state index contributed by atoms with van der Waals surface area (Å²) in [7, 11) is 0. The Morgan fingerprint density at radius 3 is 2.40 bits per heavy atom. The van der Waals surface area contributed by atoms with Gasteiger partial charge in [0.05, 0.1) is 18.8 Å². The van der Waals surface area contributed by atoms with Gasteiger partial charge in [0.25, 0.3) is 0 Å². The van der Waals surface area contributed by atoms with E-state index in [1.165, 1.54) is 0 Å². The van der Waals surface area contributed by atoms with Gasteiger partial charge in [-0.25, -0.2) is 4.79 Å². The van der Waals surface area contributed by atoms with Crippen molar-refractivity contribution in [3.05, 3.63) is 0 Å². The third-order valence-corrected chi connectivity index (χ3v) is 4.70. The van der Waals surface area contributed by atoms with Gasteiger partial charge in [-0.3, -0.25) is 9.59 Å². The lowest BCUT2D eigenvalue weighted by Crippen LogP contribution is -2.60. The molecule has 0 aromatic carbocycles. The second-order valence-electron chi connectivity index (χ2n) is 7.83. The Hall–Kier alpha value is -1.63. The zero-order valence-electron chi connectivity index (χ0n) is 15.8. The van der Waals surface area contributed by atoms with Gasteiger partial charge in [0, 0.05) is 19.0 Å². The maximum Gasteiger partial charge on any atom is 0.410 e. The number of ketones is 1. The molecule has 2 rings (SSSR count). The van der Waals surface area contributed by atoms with Crippen molar-refractivity contribution in [2.24, 2.45) is 11.8 Å². The highest BCUT2D eigenvalue weighted by atomic mass is 16.6. The number of nitrogens with zero attached hydrogens (tertiary/aromatic N) is 1. The van der Waals surface area contributed by atoms with Gasteiger partial charge < -0.3 is 19.1 Å². The minimum absolute atomic E-state index is 0.129. The Kier molecular flexibility index (Phi) is 5.76. The van der Waals surface area contributed by atoms with Crippen LogP contribution in [0.3, 0.4) is 0 Å². The quantitative estimate of drug-likeness (QED) is 0.558. The molecule has 0 aromatic rings. The van der Waals surface area contributed by atoms with Crippen molar-refractivity contribution in [1.82, 2.24) is 4.90 Å². The summed E-state index contributed by atoms with van der Waals surface area (Å²) in [5, 5.41) is 0. The van der Waals surface area contributed by atoms with Gasteiger partial charge in [0.15, 0.2) is 5.78 Å². The van der Waals surface area contributed by atoms with E-state index in [0.29, 0.717) is 32.5 Å². The van der Waals surface area contributed by atoms with Gasteiger partial charge in [-0.05, 0) is 40.5 Å². The highest BCUT2D eigenvalue weighted by molar-refractivity contribution is 6.02. The number of rotatable bonds is 2. The number of piperidine rings is 1. The molecule has 25 heavy (non-hydrogen) atoms. The predicted octanol–water partition coefficient (Wildman–Crippen LogP) is 2.17. The van der Waals surface area contributed by atoms with Gasteiger partial charge in [-0.1, -0.05) is 6.92 Å². The normalized spacial score (nSPS) is 26.4. The highest BCUT2D eigenvalue weighted by Gasteiger charge is 2.55. The maximum absolute atomic E-state index is 12.6. The number of hydrogen-bond acceptors (Lipinski definition) is 6. The fourth-order valence-corrected chi connectivity index (χ4v) is 3.38. The molecule has 2 fully saturated rings. The molecule has 2 heterocycles. The number of amides is 1. The van der Waals surface area contributed by atoms with Crippen LogP contribution in [0.2, 0.25) is 0 Å². The van der Waals surface area contributed by atoms with Crippen LogP contribution in [0.25, 0.3) is 0 Å². The summed E-state index contributed by atoms with van der Waals surface area (Å²) in [5.74, 6) is -1.90. The second-order valence-corrected chi connectivity index (χ2v) is 7.83. The lowest BCUT2D eigenvalue weighted by atomic mass is 9.72. The molecule has 0 N–H and O–H groups in total. The molecule has 0 saturated carbocycles. The molecule has 0 aromatic heterocycles. The molecule has 7 nitrogen and oxygen atoms in total. The van der Waals surface area contributed by atoms with E-state index in [1.807, 2.05) is 20.8 Å². The molecular weight excluding hydrogens is 326 g/mol. The summed E-state index contributed by atoms with van der Waals surface area (Å²) < 4.78 is 16.5. The fraction of sp³-hybridized carbons (Fsp3) is 0.833. The van der Waals surface area contributed by atoms with Crippen molar-refractivity contribution < 1.29 is 28.6 Å². The van der Waals surface area contributed by atoms with E-state index in [0.717, 1.165) is 0 Å². The van der Waals surface area contributed by atoms with Crippen LogP contribution < -0.4 is 0 Å². The number of carbonyl (C=O) groups excluding carboxylic acids is 3. The van der Waals surface area contributed by atoms with E-state index in [4.69, 9.17) is 14.2 Å². The molecule has 1 amide bonds. The molecule has 0 bridgehead atoms. The zero-order valence-corrected chi connectivity index (χ0v) is 15.8. The highest BCUT2D eigenvalue weighted by Crippen LogP contribution is 2.40. The monoisotopic (exact) mass is 355 g/mol. The average Bonchev–Trinajstić information content (AvgIpc) is 2.51. The van der Waals surface area contributed by atoms with Crippen LogP contribution in [-0.4, -0.2) is 60.3 Å². The third-order valence-electron chi connectivity index (χ3n) is 4.70. The van der Waals surface area contributed by atoms with Crippen molar-refractivity contribution >= 4 is 17.8 Å². The zero-order chi connectivity index (χ0) is 18.8. The predicted molar refractivity (Wildman–Crippen MR) is 90.0 cm³/mol. The number of hydrogen-bond donors (Lipinski definition) is 0. The summed E-state index contributed by atoms with van der Waals surface area (Å²) >= 11 is 0. The topological polar surface area (TPSA) is 82.1 Å². The van der Waals surface area contributed by atoms with E-state index in [-0.39, 0.29) is 24.4 Å². The van der Waals surface area contributed by atoms with E-state index >= 15 is 0 Å². The van der Waals surface area contributed by atoms with Gasteiger partial charge in [0.1, 0.15) is 11.5 Å². The van der Waals surface area contributed by atoms with Crippen molar-refractivity contribution in [2.75, 3.05) is 26.3 Å². The standard InChI is InChI=1S/C18H29NO6/c1-6-23-15(21)13-14(20)12(2)11-24-18(13)7-9-19(10-8-18)16(22)25-17(3,4)5/h12-13H,6-11H2,1-5H3. The van der Waals surface area contributed by atoms with Crippen LogP contribution in [0, 0.1) is 11.8 Å². The van der Waals surface area contributed by atoms with Crippen molar-refractivity contribution in [2.45, 2.75) is 58.7 Å². The van der Waals surface area contributed by atoms with Gasteiger partial charge in [0.2, 0.25) is 0 Å². The van der Waals surface area contributed by atoms with Crippen molar-refractivity contribution in [3.63, 3.8) is 0 Å². The van der Waals surface area contributed by atoms with Crippen LogP contribution >= 0.6 is 0 Å². The number of carbonyl (C=O) groups is 3. The first-order valence-corrected chi connectivity index (χ1v) is 8.92. The molecule has 1 spiro atoms. The fourth-order valence-electron chi connectivity index (χ4n) is 3.38. The van der Waals surface area contributed by atoms with Gasteiger partial charge >= 0.3 is 12.1 Å². The van der Waals surface area contributed by atoms with Gasteiger partial charge in [-0.15, -0.1) is 0 Å². The molecule has 0 radical (unpaired) electrons. The Morgan fingerprint density at radius 2 is 1.88 bits per heavy atom. The first-order valence-electron chi connectivity index (χ1n) is 8.92. The van der Waals surface area contributed by atoms with E-state index in [1.54, 1.807) is 18.7 Å². The summed E-state index contributed by atoms with van der Waals surface area (Å²) in [6, 6.07) is 0. The summed E-state index contributed by atoms with van der Waals surface area (Å²) in [6.45, 7) is 10.2. The maximum atomic E-state index is 12.6. The minimum Gasteiger partial charge on any atom is -0.465 e. The Morgan fingerprint density at radius 1 is 1.28 bits per heavy atom. The summed E-state index contributed by atoms with van der Waals surface area (Å²) in [6.07, 6.45) is 0.438. The Labute approximate surface area is 149 Å². The van der Waals surface area contributed by atoms with E-state index in [9.17, 15) is 14.4 Å². The third kappa shape index (κ3) is 4.32. The minimum atomic E-state index is -0.919. The average molecular weight is 355 g/mol. The van der Waals surface area contributed by atoms with Crippen LogP contribution in [0.1, 0.15) is 47.5 Å². The largest absolute Gasteiger partial charge is 0.465 e. The molecule has 2 aliphatic heterocycles. The Bertz CT molecular complexity index is 530. The van der Waals surface area contributed by atoms with Crippen LogP contribution in [0.15, 0.2) is 0 Å². The van der Waals surface area contributed by atoms with Crippen LogP contribution in [0.4, 0.5) is 4.79 Å². The smallest absolute Gasteiger partial charge is 0.410 e. The molecule has 7 heteroatoms. The summed E-state index contributed by atoms with van der Waals surface area (Å²) in [4.78, 5) is 38.9. The molecule has 142 valence electrons. The second kappa shape index (κ2) is 7.32. The Balaban J connectivity index is 2.11. The van der Waals surface area contributed by atoms with Crippen molar-refractivity contribution in [3.8, 4) is 0 Å². The molecule has 2 saturated heterocycles. The van der Waals surface area contributed by atoms with Crippen molar-refractivity contribution in [1.29, 1.82) is 0 Å². The van der Waals surface area contributed by atoms with Crippen LogP contribution in [-0.2, 0) is 23.8 Å². The SMILES string of the molecule is CCOC(=O)C1C(=O)C(C)COC12CCN(C(=O)OC(C)(C)C)CC2. The first kappa shape index (κ1) is 19.7. The molecule has 2 aliphatic rings. The molecular formula is C18H29NO6. The van der Waals surface area contributed by atoms with Crippen LogP contribution in [0.5, 0.6) is 0 Å². The number of Topliss-reactive ketones (excluding diaryl/α,β-unsaturated/α-hetero) is 1. The number of ether oxygens (including phenoxy) is 3. The number of likely N-dealkylation sites (tertiary alicyclic amines) is 1. The van der Waals surface area contributed by atoms with E-state index in [2.05, 4.69) is 0 Å². The lowest BCUT2D eigenvalue weighted by molar-refractivity contribution is -0.191. The molecule has 0 aliphatic carbocycles. The molecule has 2 atom stereocenters. The van der Waals surface area contributed by atoms with E-state index < -0.39 is 23.1 Å².